The van der Waals surface area contributed by atoms with E-state index in [0.29, 0.717) is 31.6 Å². The number of amides is 2. The molecule has 0 radical (unpaired) electrons. The Kier molecular flexibility index (Phi) is 4.86. The molecule has 3 N–H and O–H groups in total. The fourth-order valence-electron chi connectivity index (χ4n) is 4.79. The number of aromatic nitrogens is 1. The molecule has 3 aromatic rings. The van der Waals surface area contributed by atoms with Gasteiger partial charge in [0.2, 0.25) is 11.8 Å². The van der Waals surface area contributed by atoms with E-state index in [9.17, 15) is 9.59 Å². The number of carbonyl (C=O) groups excluding carboxylic acids is 2. The third-order valence-electron chi connectivity index (χ3n) is 6.65. The van der Waals surface area contributed by atoms with E-state index in [2.05, 4.69) is 10.3 Å². The maximum atomic E-state index is 12.7. The molecule has 0 saturated heterocycles. The summed E-state index contributed by atoms with van der Waals surface area (Å²) in [6.45, 7) is 2.40. The first kappa shape index (κ1) is 20.5. The van der Waals surface area contributed by atoms with E-state index in [1.165, 1.54) is 6.08 Å². The molecule has 5 rings (SSSR count). The molecule has 32 heavy (non-hydrogen) atoms. The number of nitrogens with one attached hydrogen (secondary N) is 1. The standard InChI is InChI=1S/C25H26N4O3/c1-15-19-5-3-4-6-20(19)32-21(15)14-29(2)22(30)8-7-16-9-17-10-25(11-18(26)12-25)24(31)28-23(17)27-13-16/h3-9,13,18H,10-12,14,26H2,1-2H3,(H,27,28,31)/b8-7+. The van der Waals surface area contributed by atoms with Crippen molar-refractivity contribution in [2.24, 2.45) is 11.1 Å². The van der Waals surface area contributed by atoms with Gasteiger partial charge in [0.15, 0.2) is 0 Å². The molecule has 1 aromatic carbocycles. The van der Waals surface area contributed by atoms with Crippen LogP contribution in [0.4, 0.5) is 5.82 Å². The van der Waals surface area contributed by atoms with Crippen molar-refractivity contribution in [3.63, 3.8) is 0 Å². The SMILES string of the molecule is Cc1c(CN(C)C(=O)/C=C/c2cnc3c(c2)CC2(CC(N)C2)C(=O)N3)oc2ccccc12. The van der Waals surface area contributed by atoms with Gasteiger partial charge in [-0.2, -0.15) is 0 Å². The van der Waals surface area contributed by atoms with Crippen LogP contribution in [0, 0.1) is 12.3 Å². The number of fused-ring (bicyclic) bond motifs is 2. The Labute approximate surface area is 186 Å². The van der Waals surface area contributed by atoms with E-state index < -0.39 is 5.41 Å². The summed E-state index contributed by atoms with van der Waals surface area (Å²) in [6.07, 6.45) is 6.99. The minimum absolute atomic E-state index is 0.0141. The van der Waals surface area contributed by atoms with Gasteiger partial charge in [0, 0.05) is 36.3 Å². The van der Waals surface area contributed by atoms with Crippen LogP contribution in [0.5, 0.6) is 0 Å². The second-order valence-electron chi connectivity index (χ2n) is 9.03. The molecule has 7 heteroatoms. The summed E-state index contributed by atoms with van der Waals surface area (Å²) in [6, 6.07) is 9.94. The number of furan rings is 1. The Hall–Kier alpha value is -3.45. The Bertz CT molecular complexity index is 1250. The zero-order valence-corrected chi connectivity index (χ0v) is 18.2. The summed E-state index contributed by atoms with van der Waals surface area (Å²) in [7, 11) is 1.75. The number of nitrogens with zero attached hydrogens (tertiary/aromatic N) is 2. The highest BCUT2D eigenvalue weighted by molar-refractivity contribution is 5.98. The summed E-state index contributed by atoms with van der Waals surface area (Å²) < 4.78 is 5.93. The number of likely N-dealkylation sites (N-methyl/N-ethyl adjacent to an activating group) is 1. The Morgan fingerprint density at radius 1 is 1.38 bits per heavy atom. The zero-order chi connectivity index (χ0) is 22.5. The Balaban J connectivity index is 1.28. The molecule has 2 amide bonds. The number of aryl methyl sites for hydroxylation is 1. The molecular formula is C25H26N4O3. The molecule has 1 fully saturated rings. The molecule has 1 spiro atoms. The van der Waals surface area contributed by atoms with Gasteiger partial charge < -0.3 is 20.4 Å². The van der Waals surface area contributed by atoms with Gasteiger partial charge in [-0.25, -0.2) is 4.98 Å². The van der Waals surface area contributed by atoms with Crippen LogP contribution in [0.25, 0.3) is 17.0 Å². The molecule has 1 saturated carbocycles. The van der Waals surface area contributed by atoms with Gasteiger partial charge in [-0.3, -0.25) is 9.59 Å². The first-order valence-corrected chi connectivity index (χ1v) is 10.8. The maximum absolute atomic E-state index is 12.7. The van der Waals surface area contributed by atoms with Crippen molar-refractivity contribution in [3.05, 3.63) is 65.1 Å². The minimum atomic E-state index is -0.406. The topological polar surface area (TPSA) is 101 Å². The van der Waals surface area contributed by atoms with Crippen molar-refractivity contribution in [1.82, 2.24) is 9.88 Å². The molecule has 164 valence electrons. The number of hydrogen-bond acceptors (Lipinski definition) is 5. The second kappa shape index (κ2) is 7.60. The lowest BCUT2D eigenvalue weighted by Crippen LogP contribution is -2.56. The highest BCUT2D eigenvalue weighted by Gasteiger charge is 2.51. The first-order valence-electron chi connectivity index (χ1n) is 10.8. The van der Waals surface area contributed by atoms with E-state index in [4.69, 9.17) is 10.2 Å². The largest absolute Gasteiger partial charge is 0.459 e. The van der Waals surface area contributed by atoms with Crippen LogP contribution in [0.1, 0.15) is 35.3 Å². The van der Waals surface area contributed by atoms with Crippen LogP contribution in [0.15, 0.2) is 47.0 Å². The fraction of sp³-hybridized carbons (Fsp3) is 0.320. The van der Waals surface area contributed by atoms with Crippen molar-refractivity contribution in [1.29, 1.82) is 0 Å². The summed E-state index contributed by atoms with van der Waals surface area (Å²) in [4.78, 5) is 31.1. The average molecular weight is 431 g/mol. The van der Waals surface area contributed by atoms with Crippen LogP contribution in [-0.4, -0.2) is 34.8 Å². The number of carbonyl (C=O) groups is 2. The van der Waals surface area contributed by atoms with E-state index in [0.717, 1.165) is 33.4 Å². The molecule has 1 aliphatic carbocycles. The molecule has 0 atom stereocenters. The molecule has 7 nitrogen and oxygen atoms in total. The van der Waals surface area contributed by atoms with E-state index in [1.54, 1.807) is 24.2 Å². The minimum Gasteiger partial charge on any atom is -0.459 e. The van der Waals surface area contributed by atoms with Crippen molar-refractivity contribution in [3.8, 4) is 0 Å². The lowest BCUT2D eigenvalue weighted by atomic mass is 9.61. The lowest BCUT2D eigenvalue weighted by Gasteiger charge is -2.47. The van der Waals surface area contributed by atoms with Crippen molar-refractivity contribution >= 4 is 34.7 Å². The predicted molar refractivity (Wildman–Crippen MR) is 123 cm³/mol. The number of rotatable bonds is 4. The molecular weight excluding hydrogens is 404 g/mol. The van der Waals surface area contributed by atoms with Gasteiger partial charge in [0.25, 0.3) is 0 Å². The summed E-state index contributed by atoms with van der Waals surface area (Å²) in [5.41, 5.74) is 9.21. The average Bonchev–Trinajstić information content (AvgIpc) is 3.07. The van der Waals surface area contributed by atoms with Crippen LogP contribution >= 0.6 is 0 Å². The van der Waals surface area contributed by atoms with E-state index in [1.807, 2.05) is 37.3 Å². The van der Waals surface area contributed by atoms with Crippen molar-refractivity contribution in [2.75, 3.05) is 12.4 Å². The number of pyridine rings is 1. The Morgan fingerprint density at radius 2 is 2.16 bits per heavy atom. The predicted octanol–water partition coefficient (Wildman–Crippen LogP) is 3.41. The van der Waals surface area contributed by atoms with E-state index in [-0.39, 0.29) is 17.9 Å². The monoisotopic (exact) mass is 430 g/mol. The van der Waals surface area contributed by atoms with Crippen molar-refractivity contribution < 1.29 is 14.0 Å². The van der Waals surface area contributed by atoms with Gasteiger partial charge in [-0.1, -0.05) is 18.2 Å². The molecule has 3 heterocycles. The van der Waals surface area contributed by atoms with Crippen LogP contribution in [-0.2, 0) is 22.6 Å². The summed E-state index contributed by atoms with van der Waals surface area (Å²) in [5.74, 6) is 1.27. The number of nitrogens with two attached hydrogens (primary N) is 1. The maximum Gasteiger partial charge on any atom is 0.246 e. The van der Waals surface area contributed by atoms with Gasteiger partial charge in [0.05, 0.1) is 12.0 Å². The normalized spacial score (nSPS) is 22.1. The highest BCUT2D eigenvalue weighted by Crippen LogP contribution is 2.47. The molecule has 2 aromatic heterocycles. The third kappa shape index (κ3) is 3.48. The van der Waals surface area contributed by atoms with Crippen LogP contribution in [0.2, 0.25) is 0 Å². The summed E-state index contributed by atoms with van der Waals surface area (Å²) in [5, 5.41) is 3.98. The molecule has 2 aliphatic rings. The quantitative estimate of drug-likeness (QED) is 0.618. The zero-order valence-electron chi connectivity index (χ0n) is 18.2. The van der Waals surface area contributed by atoms with E-state index >= 15 is 0 Å². The van der Waals surface area contributed by atoms with Crippen LogP contribution < -0.4 is 11.1 Å². The van der Waals surface area contributed by atoms with Crippen LogP contribution in [0.3, 0.4) is 0 Å². The van der Waals surface area contributed by atoms with Gasteiger partial charge in [0.1, 0.15) is 17.2 Å². The third-order valence-corrected chi connectivity index (χ3v) is 6.65. The second-order valence-corrected chi connectivity index (χ2v) is 9.03. The number of anilines is 1. The number of para-hydroxylation sites is 1. The molecule has 0 unspecified atom stereocenters. The fourth-order valence-corrected chi connectivity index (χ4v) is 4.79. The van der Waals surface area contributed by atoms with Gasteiger partial charge in [-0.05, 0) is 55.5 Å². The number of hydrogen-bond donors (Lipinski definition) is 2. The van der Waals surface area contributed by atoms with Gasteiger partial charge in [-0.15, -0.1) is 0 Å². The van der Waals surface area contributed by atoms with Crippen molar-refractivity contribution in [2.45, 2.75) is 38.8 Å². The van der Waals surface area contributed by atoms with Gasteiger partial charge >= 0.3 is 0 Å². The Morgan fingerprint density at radius 3 is 2.91 bits per heavy atom. The smallest absolute Gasteiger partial charge is 0.246 e. The lowest BCUT2D eigenvalue weighted by molar-refractivity contribution is -0.131. The molecule has 1 aliphatic heterocycles. The highest BCUT2D eigenvalue weighted by atomic mass is 16.3. The summed E-state index contributed by atoms with van der Waals surface area (Å²) >= 11 is 0. The molecule has 0 bridgehead atoms. The number of benzene rings is 1. The first-order chi connectivity index (χ1) is 15.3.